The molecule has 0 nitrogen and oxygen atoms in total. The molecule has 0 radical (unpaired) electrons. The lowest BCUT2D eigenvalue weighted by Gasteiger charge is -2.33. The van der Waals surface area contributed by atoms with Crippen molar-refractivity contribution in [2.45, 2.75) is 44.1 Å². The first-order chi connectivity index (χ1) is 4.65. The summed E-state index contributed by atoms with van der Waals surface area (Å²) in [7, 11) is -1.42. The SMILES string of the molecule is CC1([SiH](Cl)Cl)CCCCC1. The first-order valence-electron chi connectivity index (χ1n) is 3.93. The van der Waals surface area contributed by atoms with Gasteiger partial charge < -0.3 is 0 Å². The summed E-state index contributed by atoms with van der Waals surface area (Å²) in [4.78, 5) is 0. The highest BCUT2D eigenvalue weighted by molar-refractivity contribution is 7.35. The monoisotopic (exact) mass is 196 g/mol. The van der Waals surface area contributed by atoms with Gasteiger partial charge in [0.15, 0.2) is 0 Å². The van der Waals surface area contributed by atoms with E-state index in [4.69, 9.17) is 22.2 Å². The average molecular weight is 197 g/mol. The molecule has 0 spiro atoms. The van der Waals surface area contributed by atoms with E-state index in [1.165, 1.54) is 32.1 Å². The molecule has 0 bridgehead atoms. The van der Waals surface area contributed by atoms with E-state index in [0.29, 0.717) is 5.04 Å². The minimum atomic E-state index is -1.42. The van der Waals surface area contributed by atoms with Gasteiger partial charge in [-0.2, -0.15) is 0 Å². The van der Waals surface area contributed by atoms with Gasteiger partial charge in [-0.15, -0.1) is 22.2 Å². The molecule has 0 aromatic carbocycles. The van der Waals surface area contributed by atoms with E-state index in [1.807, 2.05) is 0 Å². The van der Waals surface area contributed by atoms with Crippen LogP contribution in [0.3, 0.4) is 0 Å². The summed E-state index contributed by atoms with van der Waals surface area (Å²) in [6, 6.07) is 0. The molecule has 0 aromatic rings. The Labute approximate surface area is 73.9 Å². The van der Waals surface area contributed by atoms with Crippen molar-refractivity contribution in [3.63, 3.8) is 0 Å². The molecule has 0 aromatic heterocycles. The largest absolute Gasteiger partial charge is 0.242 e. The molecule has 1 aliphatic carbocycles. The molecule has 1 saturated carbocycles. The Morgan fingerprint density at radius 3 is 1.90 bits per heavy atom. The zero-order chi connectivity index (χ0) is 7.61. The minimum Gasteiger partial charge on any atom is -0.150 e. The van der Waals surface area contributed by atoms with Crippen LogP contribution >= 0.6 is 22.2 Å². The zero-order valence-electron chi connectivity index (χ0n) is 6.37. The maximum Gasteiger partial charge on any atom is 0.242 e. The molecule has 3 heteroatoms. The Morgan fingerprint density at radius 2 is 1.60 bits per heavy atom. The first kappa shape index (κ1) is 8.89. The van der Waals surface area contributed by atoms with Gasteiger partial charge in [0.1, 0.15) is 0 Å². The lowest BCUT2D eigenvalue weighted by molar-refractivity contribution is 0.401. The highest BCUT2D eigenvalue weighted by Gasteiger charge is 2.34. The average Bonchev–Trinajstić information content (AvgIpc) is 1.89. The third kappa shape index (κ3) is 1.90. The van der Waals surface area contributed by atoms with E-state index in [2.05, 4.69) is 6.92 Å². The Hall–Kier alpha value is 0.797. The molecule has 60 valence electrons. The Kier molecular flexibility index (Phi) is 3.08. The van der Waals surface area contributed by atoms with Gasteiger partial charge in [0, 0.05) is 0 Å². The molecule has 0 unspecified atom stereocenters. The van der Waals surface area contributed by atoms with Crippen LogP contribution in [-0.4, -0.2) is 7.42 Å². The van der Waals surface area contributed by atoms with Crippen molar-refractivity contribution in [2.75, 3.05) is 0 Å². The summed E-state index contributed by atoms with van der Waals surface area (Å²) in [5.74, 6) is 0. The molecule has 0 saturated heterocycles. The second-order valence-corrected chi connectivity index (χ2v) is 8.80. The maximum atomic E-state index is 6.00. The quantitative estimate of drug-likeness (QED) is 0.446. The van der Waals surface area contributed by atoms with Gasteiger partial charge in [0.2, 0.25) is 7.42 Å². The molecule has 0 aliphatic heterocycles. The van der Waals surface area contributed by atoms with E-state index in [0.717, 1.165) is 0 Å². The fourth-order valence-corrected chi connectivity index (χ4v) is 3.73. The van der Waals surface area contributed by atoms with Crippen LogP contribution in [0, 0.1) is 0 Å². The first-order valence-corrected chi connectivity index (χ1v) is 8.00. The van der Waals surface area contributed by atoms with Crippen molar-refractivity contribution in [3.8, 4) is 0 Å². The molecule has 0 heterocycles. The van der Waals surface area contributed by atoms with Crippen molar-refractivity contribution >= 4 is 29.6 Å². The zero-order valence-corrected chi connectivity index (χ0v) is 9.04. The smallest absolute Gasteiger partial charge is 0.150 e. The van der Waals surface area contributed by atoms with Crippen molar-refractivity contribution in [1.82, 2.24) is 0 Å². The summed E-state index contributed by atoms with van der Waals surface area (Å²) in [5.41, 5.74) is 0. The Bertz CT molecular complexity index is 108. The molecule has 0 N–H and O–H groups in total. The Morgan fingerprint density at radius 1 is 1.10 bits per heavy atom. The van der Waals surface area contributed by atoms with Gasteiger partial charge in [0.25, 0.3) is 0 Å². The van der Waals surface area contributed by atoms with Crippen LogP contribution in [0.15, 0.2) is 0 Å². The van der Waals surface area contributed by atoms with Gasteiger partial charge in [-0.25, -0.2) is 0 Å². The summed E-state index contributed by atoms with van der Waals surface area (Å²) in [6.45, 7) is 2.25. The highest BCUT2D eigenvalue weighted by Crippen LogP contribution is 2.47. The van der Waals surface area contributed by atoms with Crippen LogP contribution in [0.25, 0.3) is 0 Å². The lowest BCUT2D eigenvalue weighted by atomic mass is 9.90. The third-order valence-electron chi connectivity index (χ3n) is 2.52. The second kappa shape index (κ2) is 3.46. The summed E-state index contributed by atoms with van der Waals surface area (Å²) >= 11 is 12.0. The molecular formula is C7H14Cl2Si. The van der Waals surface area contributed by atoms with Gasteiger partial charge in [-0.05, 0) is 17.9 Å². The van der Waals surface area contributed by atoms with E-state index in [-0.39, 0.29) is 0 Å². The molecule has 10 heavy (non-hydrogen) atoms. The highest BCUT2D eigenvalue weighted by atomic mass is 35.7. The van der Waals surface area contributed by atoms with E-state index < -0.39 is 7.42 Å². The van der Waals surface area contributed by atoms with Crippen molar-refractivity contribution in [1.29, 1.82) is 0 Å². The molecule has 1 rings (SSSR count). The number of hydrogen-bond acceptors (Lipinski definition) is 0. The summed E-state index contributed by atoms with van der Waals surface area (Å²) in [5, 5.41) is 0.349. The fraction of sp³-hybridized carbons (Fsp3) is 1.00. The predicted octanol–water partition coefficient (Wildman–Crippen LogP) is 3.41. The molecule has 1 fully saturated rings. The number of hydrogen-bond donors (Lipinski definition) is 0. The van der Waals surface area contributed by atoms with Crippen LogP contribution in [0.5, 0.6) is 0 Å². The van der Waals surface area contributed by atoms with E-state index in [9.17, 15) is 0 Å². The van der Waals surface area contributed by atoms with Crippen molar-refractivity contribution in [2.24, 2.45) is 0 Å². The maximum absolute atomic E-state index is 6.00. The number of halogens is 2. The topological polar surface area (TPSA) is 0 Å². The normalized spacial score (nSPS) is 25.2. The van der Waals surface area contributed by atoms with Crippen molar-refractivity contribution < 1.29 is 0 Å². The van der Waals surface area contributed by atoms with E-state index >= 15 is 0 Å². The van der Waals surface area contributed by atoms with Crippen LogP contribution < -0.4 is 0 Å². The van der Waals surface area contributed by atoms with Gasteiger partial charge in [-0.3, -0.25) is 0 Å². The summed E-state index contributed by atoms with van der Waals surface area (Å²) in [6.07, 6.45) is 6.57. The summed E-state index contributed by atoms with van der Waals surface area (Å²) < 4.78 is 0. The van der Waals surface area contributed by atoms with Crippen LogP contribution in [0.4, 0.5) is 0 Å². The standard InChI is InChI=1S/C7H14Cl2Si/c1-7(10(8)9)5-3-2-4-6-7/h10H,2-6H2,1H3. The van der Waals surface area contributed by atoms with Gasteiger partial charge in [-0.1, -0.05) is 26.2 Å². The fourth-order valence-electron chi connectivity index (χ4n) is 1.58. The minimum absolute atomic E-state index is 0.349. The predicted molar refractivity (Wildman–Crippen MR) is 50.3 cm³/mol. The van der Waals surface area contributed by atoms with Crippen molar-refractivity contribution in [3.05, 3.63) is 0 Å². The lowest BCUT2D eigenvalue weighted by Crippen LogP contribution is -2.23. The molecular weight excluding hydrogens is 183 g/mol. The molecule has 0 amide bonds. The van der Waals surface area contributed by atoms with Gasteiger partial charge in [0.05, 0.1) is 0 Å². The van der Waals surface area contributed by atoms with Crippen LogP contribution in [-0.2, 0) is 0 Å². The van der Waals surface area contributed by atoms with Crippen LogP contribution in [0.1, 0.15) is 39.0 Å². The van der Waals surface area contributed by atoms with Crippen LogP contribution in [0.2, 0.25) is 5.04 Å². The number of rotatable bonds is 1. The van der Waals surface area contributed by atoms with Gasteiger partial charge >= 0.3 is 0 Å². The third-order valence-corrected chi connectivity index (χ3v) is 7.31. The Balaban J connectivity index is 2.48. The second-order valence-electron chi connectivity index (χ2n) is 3.52. The molecule has 0 atom stereocenters. The van der Waals surface area contributed by atoms with E-state index in [1.54, 1.807) is 0 Å². The molecule has 1 aliphatic rings.